The molecular formula is C14H13BrN4O4. The minimum atomic E-state index is -0.561. The highest BCUT2D eigenvalue weighted by molar-refractivity contribution is 9.10. The first-order chi connectivity index (χ1) is 11.0. The molecular weight excluding hydrogens is 368 g/mol. The number of anilines is 1. The molecule has 9 heteroatoms. The van der Waals surface area contributed by atoms with E-state index in [-0.39, 0.29) is 17.3 Å². The van der Waals surface area contributed by atoms with E-state index in [1.165, 1.54) is 24.5 Å². The van der Waals surface area contributed by atoms with Crippen LogP contribution in [0.4, 0.5) is 11.5 Å². The second kappa shape index (κ2) is 7.54. The van der Waals surface area contributed by atoms with Crippen LogP contribution in [-0.4, -0.2) is 27.8 Å². The molecule has 2 aromatic rings. The summed E-state index contributed by atoms with van der Waals surface area (Å²) in [4.78, 5) is 14.2. The first-order valence-corrected chi connectivity index (χ1v) is 7.36. The fourth-order valence-corrected chi connectivity index (χ4v) is 2.21. The number of nitrogens with one attached hydrogen (secondary N) is 1. The van der Waals surface area contributed by atoms with E-state index in [0.717, 1.165) is 0 Å². The average Bonchev–Trinajstić information content (AvgIpc) is 2.52. The number of nitrogens with zero attached hydrogens (tertiary/aromatic N) is 3. The van der Waals surface area contributed by atoms with Crippen molar-refractivity contribution < 1.29 is 14.8 Å². The molecule has 1 aromatic carbocycles. The topological polar surface area (TPSA) is 110 Å². The minimum Gasteiger partial charge on any atom is -0.504 e. The molecule has 0 spiro atoms. The van der Waals surface area contributed by atoms with Gasteiger partial charge in [-0.25, -0.2) is 4.98 Å². The lowest BCUT2D eigenvalue weighted by Gasteiger charge is -2.08. The van der Waals surface area contributed by atoms with Gasteiger partial charge in [-0.15, -0.1) is 0 Å². The van der Waals surface area contributed by atoms with Crippen LogP contribution in [0.5, 0.6) is 11.5 Å². The van der Waals surface area contributed by atoms with Crippen LogP contribution in [0.15, 0.2) is 40.0 Å². The van der Waals surface area contributed by atoms with E-state index in [2.05, 4.69) is 31.4 Å². The molecule has 0 unspecified atom stereocenters. The predicted octanol–water partition coefficient (Wildman–Crippen LogP) is 3.30. The van der Waals surface area contributed by atoms with Crippen molar-refractivity contribution in [2.75, 3.05) is 12.0 Å². The monoisotopic (exact) mass is 380 g/mol. The Balaban J connectivity index is 2.23. The Morgan fingerprint density at radius 2 is 2.35 bits per heavy atom. The number of hydrazone groups is 1. The quantitative estimate of drug-likeness (QED) is 0.451. The second-order valence-electron chi connectivity index (χ2n) is 4.27. The molecule has 1 heterocycles. The number of aromatic nitrogens is 1. The maximum atomic E-state index is 10.9. The molecule has 0 bridgehead atoms. The molecule has 0 saturated heterocycles. The van der Waals surface area contributed by atoms with Crippen LogP contribution in [0.3, 0.4) is 0 Å². The number of pyridine rings is 1. The smallest absolute Gasteiger partial charge is 0.313 e. The van der Waals surface area contributed by atoms with Gasteiger partial charge in [-0.2, -0.15) is 5.10 Å². The number of aromatic hydroxyl groups is 1. The molecule has 0 aliphatic carbocycles. The Bertz CT molecular complexity index is 752. The summed E-state index contributed by atoms with van der Waals surface area (Å²) in [6, 6.07) is 6.04. The van der Waals surface area contributed by atoms with Gasteiger partial charge >= 0.3 is 5.69 Å². The van der Waals surface area contributed by atoms with Crippen LogP contribution in [0.2, 0.25) is 0 Å². The average molecular weight is 381 g/mol. The molecule has 0 atom stereocenters. The van der Waals surface area contributed by atoms with E-state index in [0.29, 0.717) is 22.4 Å². The van der Waals surface area contributed by atoms with Crippen molar-refractivity contribution in [3.05, 3.63) is 50.6 Å². The van der Waals surface area contributed by atoms with Crippen LogP contribution in [0.1, 0.15) is 12.5 Å². The number of benzene rings is 1. The fraction of sp³-hybridized carbons (Fsp3) is 0.143. The highest BCUT2D eigenvalue weighted by atomic mass is 79.9. The minimum absolute atomic E-state index is 0.00766. The number of ether oxygens (including phenoxy) is 1. The molecule has 8 nitrogen and oxygen atoms in total. The maximum Gasteiger partial charge on any atom is 0.313 e. The molecule has 1 aromatic heterocycles. The molecule has 2 N–H and O–H groups in total. The number of halogens is 1. The Labute approximate surface area is 140 Å². The normalized spacial score (nSPS) is 10.7. The van der Waals surface area contributed by atoms with Gasteiger partial charge in [0.1, 0.15) is 0 Å². The summed E-state index contributed by atoms with van der Waals surface area (Å²) in [6.07, 6.45) is 2.73. The second-order valence-corrected chi connectivity index (χ2v) is 5.19. The third-order valence-electron chi connectivity index (χ3n) is 2.73. The van der Waals surface area contributed by atoms with Gasteiger partial charge in [0.25, 0.3) is 0 Å². The van der Waals surface area contributed by atoms with Crippen molar-refractivity contribution in [3.63, 3.8) is 0 Å². The molecule has 0 fully saturated rings. The van der Waals surface area contributed by atoms with Gasteiger partial charge in [0, 0.05) is 22.3 Å². The van der Waals surface area contributed by atoms with Crippen LogP contribution in [0.25, 0.3) is 0 Å². The molecule has 0 radical (unpaired) electrons. The van der Waals surface area contributed by atoms with E-state index in [1.54, 1.807) is 19.1 Å². The summed E-state index contributed by atoms with van der Waals surface area (Å²) < 4.78 is 6.01. The third kappa shape index (κ3) is 4.16. The number of phenols is 1. The van der Waals surface area contributed by atoms with Gasteiger partial charge in [0.05, 0.1) is 17.7 Å². The summed E-state index contributed by atoms with van der Waals surface area (Å²) in [5, 5.41) is 24.9. The van der Waals surface area contributed by atoms with Gasteiger partial charge < -0.3 is 9.84 Å². The lowest BCUT2D eigenvalue weighted by Crippen LogP contribution is -1.99. The predicted molar refractivity (Wildman–Crippen MR) is 89.1 cm³/mol. The molecule has 120 valence electrons. The number of rotatable bonds is 6. The van der Waals surface area contributed by atoms with Gasteiger partial charge in [-0.3, -0.25) is 15.5 Å². The summed E-state index contributed by atoms with van der Waals surface area (Å²) in [5.41, 5.74) is 2.68. The Morgan fingerprint density at radius 3 is 3.04 bits per heavy atom. The lowest BCUT2D eigenvalue weighted by atomic mass is 10.2. The molecule has 0 saturated carbocycles. The summed E-state index contributed by atoms with van der Waals surface area (Å²) >= 11 is 3.31. The highest BCUT2D eigenvalue weighted by Crippen LogP contribution is 2.33. The Morgan fingerprint density at radius 1 is 1.57 bits per heavy atom. The van der Waals surface area contributed by atoms with E-state index in [4.69, 9.17) is 4.74 Å². The van der Waals surface area contributed by atoms with E-state index < -0.39 is 4.92 Å². The molecule has 0 amide bonds. The van der Waals surface area contributed by atoms with Gasteiger partial charge in [0.15, 0.2) is 11.5 Å². The standard InChI is InChI=1S/C14H13BrN4O4/c1-2-23-12-7-10(15)6-9(13(12)20)8-17-18-14-11(19(21)22)4-3-5-16-14/h3-8,20H,2H2,1H3,(H,16,18)/b17-8-. The maximum absolute atomic E-state index is 10.9. The first kappa shape index (κ1) is 16.7. The zero-order valence-corrected chi connectivity index (χ0v) is 13.6. The lowest BCUT2D eigenvalue weighted by molar-refractivity contribution is -0.384. The van der Waals surface area contributed by atoms with Crippen LogP contribution in [0, 0.1) is 10.1 Å². The summed E-state index contributed by atoms with van der Waals surface area (Å²) in [5.74, 6) is 0.247. The first-order valence-electron chi connectivity index (χ1n) is 6.56. The zero-order valence-electron chi connectivity index (χ0n) is 12.1. The third-order valence-corrected chi connectivity index (χ3v) is 3.18. The van der Waals surface area contributed by atoms with E-state index in [1.807, 2.05) is 0 Å². The van der Waals surface area contributed by atoms with Crippen LogP contribution < -0.4 is 10.2 Å². The van der Waals surface area contributed by atoms with E-state index in [9.17, 15) is 15.2 Å². The van der Waals surface area contributed by atoms with Crippen molar-refractivity contribution in [1.82, 2.24) is 4.98 Å². The van der Waals surface area contributed by atoms with Crippen molar-refractivity contribution in [2.45, 2.75) is 6.92 Å². The number of hydrogen-bond acceptors (Lipinski definition) is 7. The molecule has 2 rings (SSSR count). The van der Waals surface area contributed by atoms with Crippen LogP contribution >= 0.6 is 15.9 Å². The highest BCUT2D eigenvalue weighted by Gasteiger charge is 2.13. The summed E-state index contributed by atoms with van der Waals surface area (Å²) in [7, 11) is 0. The van der Waals surface area contributed by atoms with E-state index >= 15 is 0 Å². The van der Waals surface area contributed by atoms with Crippen LogP contribution in [-0.2, 0) is 0 Å². The van der Waals surface area contributed by atoms with Crippen molar-refractivity contribution in [3.8, 4) is 11.5 Å². The molecule has 23 heavy (non-hydrogen) atoms. The largest absolute Gasteiger partial charge is 0.504 e. The SMILES string of the molecule is CCOc1cc(Br)cc(/C=N\Nc2ncccc2[N+](=O)[O-])c1O. The number of hydrogen-bond donors (Lipinski definition) is 2. The van der Waals surface area contributed by atoms with Crippen molar-refractivity contribution in [1.29, 1.82) is 0 Å². The van der Waals surface area contributed by atoms with Gasteiger partial charge in [-0.05, 0) is 25.1 Å². The Hall–Kier alpha value is -2.68. The zero-order chi connectivity index (χ0) is 16.8. The summed E-state index contributed by atoms with van der Waals surface area (Å²) in [6.45, 7) is 2.20. The fourth-order valence-electron chi connectivity index (χ4n) is 1.75. The van der Waals surface area contributed by atoms with Gasteiger partial charge in [0.2, 0.25) is 5.82 Å². The molecule has 0 aliphatic rings. The van der Waals surface area contributed by atoms with Gasteiger partial charge in [-0.1, -0.05) is 15.9 Å². The number of phenolic OH excluding ortho intramolecular Hbond substituents is 1. The number of nitro groups is 1. The Kier molecular flexibility index (Phi) is 5.47. The van der Waals surface area contributed by atoms with Crippen molar-refractivity contribution in [2.24, 2.45) is 5.10 Å². The molecule has 0 aliphatic heterocycles. The van der Waals surface area contributed by atoms with Crippen molar-refractivity contribution >= 4 is 33.6 Å².